The summed E-state index contributed by atoms with van der Waals surface area (Å²) in [5.41, 5.74) is 1.29. The van der Waals surface area contributed by atoms with Crippen LogP contribution in [-0.2, 0) is 4.79 Å². The summed E-state index contributed by atoms with van der Waals surface area (Å²) < 4.78 is 5.25. The quantitative estimate of drug-likeness (QED) is 0.849. The van der Waals surface area contributed by atoms with E-state index in [-0.39, 0.29) is 0 Å². The summed E-state index contributed by atoms with van der Waals surface area (Å²) in [7, 11) is 1.69. The first-order chi connectivity index (χ1) is 11.6. The Labute approximate surface area is 145 Å². The zero-order valence-electron chi connectivity index (χ0n) is 15.2. The molecule has 24 heavy (non-hydrogen) atoms. The van der Waals surface area contributed by atoms with Crippen molar-refractivity contribution in [3.63, 3.8) is 0 Å². The molecule has 2 heterocycles. The van der Waals surface area contributed by atoms with E-state index in [0.717, 1.165) is 38.2 Å². The molecular weight excluding hydrogens is 300 g/mol. The van der Waals surface area contributed by atoms with Crippen LogP contribution in [0.1, 0.15) is 44.7 Å². The molecule has 3 atom stereocenters. The first-order valence-corrected chi connectivity index (χ1v) is 9.22. The average molecular weight is 330 g/mol. The Kier molecular flexibility index (Phi) is 5.44. The molecule has 0 N–H and O–H groups in total. The van der Waals surface area contributed by atoms with Crippen LogP contribution < -0.4 is 4.74 Å². The van der Waals surface area contributed by atoms with Gasteiger partial charge in [-0.05, 0) is 55.3 Å². The predicted octanol–water partition coefficient (Wildman–Crippen LogP) is 3.34. The smallest absolute Gasteiger partial charge is 0.236 e. The number of piperidine rings is 1. The molecule has 2 fully saturated rings. The number of hydrogen-bond donors (Lipinski definition) is 0. The van der Waals surface area contributed by atoms with Crippen molar-refractivity contribution in [3.05, 3.63) is 29.8 Å². The fourth-order valence-electron chi connectivity index (χ4n) is 4.36. The van der Waals surface area contributed by atoms with Crippen molar-refractivity contribution in [2.45, 2.75) is 39.2 Å². The highest BCUT2D eigenvalue weighted by atomic mass is 16.5. The third-order valence-electron chi connectivity index (χ3n) is 5.42. The largest absolute Gasteiger partial charge is 0.497 e. The number of methoxy groups -OCH3 is 1. The lowest BCUT2D eigenvalue weighted by Gasteiger charge is -2.36. The number of nitrogens with zero attached hydrogens (tertiary/aromatic N) is 2. The van der Waals surface area contributed by atoms with E-state index in [1.807, 2.05) is 12.1 Å². The minimum absolute atomic E-state index is 0.300. The van der Waals surface area contributed by atoms with E-state index in [4.69, 9.17) is 4.74 Å². The molecule has 2 aliphatic heterocycles. The first-order valence-electron chi connectivity index (χ1n) is 9.22. The van der Waals surface area contributed by atoms with Crippen molar-refractivity contribution >= 4 is 5.91 Å². The number of rotatable bonds is 4. The Bertz CT molecular complexity index is 547. The van der Waals surface area contributed by atoms with Crippen molar-refractivity contribution < 1.29 is 9.53 Å². The van der Waals surface area contributed by atoms with Crippen molar-refractivity contribution in [1.82, 2.24) is 9.80 Å². The molecule has 4 nitrogen and oxygen atoms in total. The minimum Gasteiger partial charge on any atom is -0.497 e. The van der Waals surface area contributed by atoms with Gasteiger partial charge < -0.3 is 9.64 Å². The van der Waals surface area contributed by atoms with Gasteiger partial charge in [-0.1, -0.05) is 26.0 Å². The van der Waals surface area contributed by atoms with Crippen LogP contribution in [-0.4, -0.2) is 49.0 Å². The Morgan fingerprint density at radius 2 is 1.83 bits per heavy atom. The molecule has 1 amide bonds. The first kappa shape index (κ1) is 17.3. The average Bonchev–Trinajstić information content (AvgIpc) is 3.02. The zero-order valence-corrected chi connectivity index (χ0v) is 15.2. The fourth-order valence-corrected chi connectivity index (χ4v) is 4.36. The third-order valence-corrected chi connectivity index (χ3v) is 5.42. The van der Waals surface area contributed by atoms with Gasteiger partial charge in [0.15, 0.2) is 0 Å². The summed E-state index contributed by atoms with van der Waals surface area (Å²) in [5, 5.41) is 0. The number of likely N-dealkylation sites (tertiary alicyclic amines) is 2. The van der Waals surface area contributed by atoms with Gasteiger partial charge in [-0.3, -0.25) is 9.69 Å². The monoisotopic (exact) mass is 330 g/mol. The molecule has 0 radical (unpaired) electrons. The van der Waals surface area contributed by atoms with Gasteiger partial charge in [-0.25, -0.2) is 0 Å². The maximum Gasteiger partial charge on any atom is 0.236 e. The number of carbonyl (C=O) groups excluding carboxylic acids is 1. The third kappa shape index (κ3) is 3.92. The second kappa shape index (κ2) is 7.56. The second-order valence-corrected chi connectivity index (χ2v) is 7.65. The van der Waals surface area contributed by atoms with Crippen molar-refractivity contribution in [2.75, 3.05) is 33.3 Å². The van der Waals surface area contributed by atoms with Crippen LogP contribution in [0, 0.1) is 11.8 Å². The summed E-state index contributed by atoms with van der Waals surface area (Å²) in [6.45, 7) is 7.92. The van der Waals surface area contributed by atoms with Crippen LogP contribution in [0.15, 0.2) is 24.3 Å². The van der Waals surface area contributed by atoms with Crippen LogP contribution in [0.4, 0.5) is 0 Å². The molecule has 2 saturated heterocycles. The number of ether oxygens (including phenoxy) is 1. The van der Waals surface area contributed by atoms with E-state index in [1.165, 1.54) is 12.0 Å². The molecule has 1 aromatic rings. The normalized spacial score (nSPS) is 28.1. The van der Waals surface area contributed by atoms with Crippen LogP contribution >= 0.6 is 0 Å². The Hall–Kier alpha value is -1.55. The van der Waals surface area contributed by atoms with E-state index in [2.05, 4.69) is 35.8 Å². The van der Waals surface area contributed by atoms with Crippen molar-refractivity contribution in [3.8, 4) is 5.75 Å². The zero-order chi connectivity index (χ0) is 17.1. The molecule has 2 aliphatic rings. The van der Waals surface area contributed by atoms with Gasteiger partial charge in [0, 0.05) is 19.1 Å². The molecule has 0 aliphatic carbocycles. The topological polar surface area (TPSA) is 32.8 Å². The Morgan fingerprint density at radius 1 is 1.17 bits per heavy atom. The van der Waals surface area contributed by atoms with Crippen LogP contribution in [0.5, 0.6) is 5.75 Å². The van der Waals surface area contributed by atoms with E-state index in [9.17, 15) is 4.79 Å². The SMILES string of the molecule is COc1ccc([C@@H]2CCCN2CC(=O)N2C[C@@H](C)C[C@H](C)C2)cc1. The molecule has 0 bridgehead atoms. The van der Waals surface area contributed by atoms with Gasteiger partial charge >= 0.3 is 0 Å². The lowest BCUT2D eigenvalue weighted by molar-refractivity contribution is -0.135. The summed E-state index contributed by atoms with van der Waals surface area (Å²) in [5.74, 6) is 2.42. The van der Waals surface area contributed by atoms with Crippen molar-refractivity contribution in [2.24, 2.45) is 11.8 Å². The van der Waals surface area contributed by atoms with Gasteiger partial charge in [-0.15, -0.1) is 0 Å². The lowest BCUT2D eigenvalue weighted by atomic mass is 9.92. The molecule has 132 valence electrons. The van der Waals surface area contributed by atoms with Crippen molar-refractivity contribution in [1.29, 1.82) is 0 Å². The van der Waals surface area contributed by atoms with Gasteiger partial charge in [0.25, 0.3) is 0 Å². The van der Waals surface area contributed by atoms with Crippen LogP contribution in [0.25, 0.3) is 0 Å². The second-order valence-electron chi connectivity index (χ2n) is 7.65. The number of benzene rings is 1. The van der Waals surface area contributed by atoms with Crippen LogP contribution in [0.2, 0.25) is 0 Å². The highest BCUT2D eigenvalue weighted by Crippen LogP contribution is 2.33. The highest BCUT2D eigenvalue weighted by molar-refractivity contribution is 5.78. The number of carbonyl (C=O) groups is 1. The molecular formula is C20H30N2O2. The van der Waals surface area contributed by atoms with E-state index in [0.29, 0.717) is 30.3 Å². The number of hydrogen-bond acceptors (Lipinski definition) is 3. The summed E-state index contributed by atoms with van der Waals surface area (Å²) in [6.07, 6.45) is 3.53. The van der Waals surface area contributed by atoms with Gasteiger partial charge in [0.05, 0.1) is 13.7 Å². The van der Waals surface area contributed by atoms with Gasteiger partial charge in [-0.2, -0.15) is 0 Å². The fraction of sp³-hybridized carbons (Fsp3) is 0.650. The Balaban J connectivity index is 1.63. The van der Waals surface area contributed by atoms with Crippen LogP contribution in [0.3, 0.4) is 0 Å². The molecule has 4 heteroatoms. The predicted molar refractivity (Wildman–Crippen MR) is 96.1 cm³/mol. The number of amides is 1. The van der Waals surface area contributed by atoms with Gasteiger partial charge in [0.1, 0.15) is 5.75 Å². The van der Waals surface area contributed by atoms with Gasteiger partial charge in [0.2, 0.25) is 5.91 Å². The maximum absolute atomic E-state index is 12.8. The summed E-state index contributed by atoms with van der Waals surface area (Å²) in [4.78, 5) is 17.2. The minimum atomic E-state index is 0.300. The van der Waals surface area contributed by atoms with E-state index in [1.54, 1.807) is 7.11 Å². The molecule has 0 saturated carbocycles. The molecule has 1 aromatic carbocycles. The molecule has 3 rings (SSSR count). The highest BCUT2D eigenvalue weighted by Gasteiger charge is 2.31. The summed E-state index contributed by atoms with van der Waals surface area (Å²) >= 11 is 0. The lowest BCUT2D eigenvalue weighted by Crippen LogP contribution is -2.46. The molecule has 0 aromatic heterocycles. The van der Waals surface area contributed by atoms with E-state index >= 15 is 0 Å². The molecule has 0 unspecified atom stereocenters. The van der Waals surface area contributed by atoms with E-state index < -0.39 is 0 Å². The maximum atomic E-state index is 12.8. The Morgan fingerprint density at radius 3 is 2.46 bits per heavy atom. The standard InChI is InChI=1S/C20H30N2O2/c1-15-11-16(2)13-22(12-15)20(23)14-21-10-4-5-19(21)17-6-8-18(24-3)9-7-17/h6-9,15-16,19H,4-5,10-14H2,1-3H3/t15-,16-,19-/m0/s1. The molecule has 0 spiro atoms. The summed E-state index contributed by atoms with van der Waals surface area (Å²) in [6, 6.07) is 8.66.